The Bertz CT molecular complexity index is 829. The molecule has 0 aliphatic carbocycles. The third kappa shape index (κ3) is 4.52. The maximum atomic E-state index is 12.5. The largest absolute Gasteiger partial charge is 0.347 e. The number of nitrogens with one attached hydrogen (secondary N) is 1. The normalized spacial score (nSPS) is 18.4. The van der Waals surface area contributed by atoms with Gasteiger partial charge in [0, 0.05) is 31.6 Å². The van der Waals surface area contributed by atoms with Gasteiger partial charge in [-0.05, 0) is 12.1 Å². The minimum atomic E-state index is -0.482. The first-order chi connectivity index (χ1) is 13.6. The molecule has 0 saturated carbocycles. The summed E-state index contributed by atoms with van der Waals surface area (Å²) in [5.41, 5.74) is 0.699. The molecule has 1 aromatic heterocycles. The molecule has 4 rings (SSSR count). The molecule has 0 unspecified atom stereocenters. The average molecular weight is 421 g/mol. The van der Waals surface area contributed by atoms with Gasteiger partial charge in [0.25, 0.3) is 5.91 Å². The van der Waals surface area contributed by atoms with Crippen molar-refractivity contribution in [2.45, 2.75) is 23.0 Å². The number of nitrogens with zero attached hydrogens (tertiary/aromatic N) is 3. The van der Waals surface area contributed by atoms with E-state index in [1.807, 2.05) is 23.1 Å². The molecule has 2 aliphatic rings. The van der Waals surface area contributed by atoms with Crippen LogP contribution < -0.4 is 5.32 Å². The number of hydrogen-bond donors (Lipinski definition) is 1. The highest BCUT2D eigenvalue weighted by Crippen LogP contribution is 2.32. The van der Waals surface area contributed by atoms with Crippen molar-refractivity contribution in [3.8, 4) is 0 Å². The van der Waals surface area contributed by atoms with E-state index in [0.717, 1.165) is 0 Å². The lowest BCUT2D eigenvalue weighted by molar-refractivity contribution is -0.186. The van der Waals surface area contributed by atoms with Gasteiger partial charge < -0.3 is 19.7 Å². The van der Waals surface area contributed by atoms with E-state index >= 15 is 0 Å². The third-order valence-corrected chi connectivity index (χ3v) is 6.68. The quantitative estimate of drug-likeness (QED) is 0.742. The number of hydrogen-bond acceptors (Lipinski definition) is 8. The van der Waals surface area contributed by atoms with Gasteiger partial charge in [0.2, 0.25) is 10.9 Å². The fourth-order valence-corrected chi connectivity index (χ4v) is 4.81. The second kappa shape index (κ2) is 8.56. The zero-order valence-electron chi connectivity index (χ0n) is 15.1. The second-order valence-electron chi connectivity index (χ2n) is 6.47. The lowest BCUT2D eigenvalue weighted by Crippen LogP contribution is -2.47. The molecule has 28 heavy (non-hydrogen) atoms. The molecule has 2 amide bonds. The Morgan fingerprint density at radius 2 is 1.86 bits per heavy atom. The fourth-order valence-electron chi connectivity index (χ4n) is 3.16. The SMILES string of the molecule is O=C(Nc1ccccc1)c1nnc(SCC(=O)N2CCC3(CC2)OCCO3)s1. The summed E-state index contributed by atoms with van der Waals surface area (Å²) in [5.74, 6) is -0.475. The summed E-state index contributed by atoms with van der Waals surface area (Å²) < 4.78 is 12.0. The van der Waals surface area contributed by atoms with E-state index in [4.69, 9.17) is 9.47 Å². The molecule has 0 atom stereocenters. The van der Waals surface area contributed by atoms with Crippen LogP contribution in [0.4, 0.5) is 5.69 Å². The van der Waals surface area contributed by atoms with Gasteiger partial charge in [-0.25, -0.2) is 0 Å². The molecule has 2 aromatic rings. The number of likely N-dealkylation sites (tertiary alicyclic amines) is 1. The predicted octanol–water partition coefficient (Wildman–Crippen LogP) is 2.25. The molecule has 1 aromatic carbocycles. The lowest BCUT2D eigenvalue weighted by atomic mass is 10.0. The van der Waals surface area contributed by atoms with Crippen LogP contribution in [0.5, 0.6) is 0 Å². The van der Waals surface area contributed by atoms with Gasteiger partial charge in [0.15, 0.2) is 10.1 Å². The Labute approximate surface area is 170 Å². The standard InChI is InChI=1S/C18H20N4O4S2/c23-14(22-8-6-18(7-9-22)25-10-11-26-18)12-27-17-21-20-16(28-17)15(24)19-13-4-2-1-3-5-13/h1-5H,6-12H2,(H,19,24). The summed E-state index contributed by atoms with van der Waals surface area (Å²) in [7, 11) is 0. The molecule has 2 fully saturated rings. The molecule has 2 aliphatic heterocycles. The highest BCUT2D eigenvalue weighted by molar-refractivity contribution is 8.01. The van der Waals surface area contributed by atoms with E-state index in [0.29, 0.717) is 49.2 Å². The minimum absolute atomic E-state index is 0.0448. The molecule has 0 bridgehead atoms. The Morgan fingerprint density at radius 1 is 1.14 bits per heavy atom. The highest BCUT2D eigenvalue weighted by atomic mass is 32.2. The summed E-state index contributed by atoms with van der Waals surface area (Å²) in [4.78, 5) is 26.5. The van der Waals surface area contributed by atoms with Gasteiger partial charge in [0.05, 0.1) is 19.0 Å². The molecule has 0 radical (unpaired) electrons. The third-order valence-electron chi connectivity index (χ3n) is 4.64. The Kier molecular flexibility index (Phi) is 5.90. The number of para-hydroxylation sites is 1. The first kappa shape index (κ1) is 19.3. The first-order valence-corrected chi connectivity index (χ1v) is 10.8. The maximum absolute atomic E-state index is 12.5. The predicted molar refractivity (Wildman–Crippen MR) is 105 cm³/mol. The number of amides is 2. The minimum Gasteiger partial charge on any atom is -0.347 e. The van der Waals surface area contributed by atoms with Crippen molar-refractivity contribution in [3.05, 3.63) is 35.3 Å². The molecule has 2 saturated heterocycles. The molecule has 1 N–H and O–H groups in total. The summed E-state index contributed by atoms with van der Waals surface area (Å²) in [5, 5.41) is 11.0. The smallest absolute Gasteiger partial charge is 0.286 e. The molecular formula is C18H20N4O4S2. The Hall–Kier alpha value is -2.01. The van der Waals surface area contributed by atoms with Crippen LogP contribution in [-0.4, -0.2) is 64.8 Å². The van der Waals surface area contributed by atoms with Crippen molar-refractivity contribution in [1.82, 2.24) is 15.1 Å². The average Bonchev–Trinajstić information content (AvgIpc) is 3.38. The van der Waals surface area contributed by atoms with Crippen molar-refractivity contribution >= 4 is 40.6 Å². The van der Waals surface area contributed by atoms with E-state index < -0.39 is 5.79 Å². The molecule has 148 valence electrons. The van der Waals surface area contributed by atoms with Gasteiger partial charge in [-0.1, -0.05) is 41.3 Å². The zero-order chi connectivity index (χ0) is 19.4. The van der Waals surface area contributed by atoms with E-state index in [-0.39, 0.29) is 22.6 Å². The number of piperidine rings is 1. The van der Waals surface area contributed by atoms with E-state index in [9.17, 15) is 9.59 Å². The molecule has 8 nitrogen and oxygen atoms in total. The van der Waals surface area contributed by atoms with Gasteiger partial charge in [-0.2, -0.15) is 0 Å². The number of thioether (sulfide) groups is 1. The number of rotatable bonds is 5. The van der Waals surface area contributed by atoms with Gasteiger partial charge in [-0.3, -0.25) is 9.59 Å². The highest BCUT2D eigenvalue weighted by Gasteiger charge is 2.40. The molecule has 10 heteroatoms. The van der Waals surface area contributed by atoms with Crippen LogP contribution in [-0.2, 0) is 14.3 Å². The Morgan fingerprint density at radius 3 is 2.57 bits per heavy atom. The van der Waals surface area contributed by atoms with E-state index in [1.54, 1.807) is 12.1 Å². The molecule has 3 heterocycles. The van der Waals surface area contributed by atoms with Gasteiger partial charge in [0.1, 0.15) is 0 Å². The summed E-state index contributed by atoms with van der Waals surface area (Å²) >= 11 is 2.48. The maximum Gasteiger partial charge on any atom is 0.286 e. The fraction of sp³-hybridized carbons (Fsp3) is 0.444. The lowest BCUT2D eigenvalue weighted by Gasteiger charge is -2.37. The van der Waals surface area contributed by atoms with Crippen molar-refractivity contribution < 1.29 is 19.1 Å². The van der Waals surface area contributed by atoms with Crippen molar-refractivity contribution in [2.75, 3.05) is 37.4 Å². The summed E-state index contributed by atoms with van der Waals surface area (Å²) in [6, 6.07) is 9.17. The van der Waals surface area contributed by atoms with Crippen LogP contribution in [0.1, 0.15) is 22.6 Å². The van der Waals surface area contributed by atoms with Gasteiger partial charge in [-0.15, -0.1) is 10.2 Å². The number of carbonyl (C=O) groups is 2. The summed E-state index contributed by atoms with van der Waals surface area (Å²) in [6.45, 7) is 2.50. The number of carbonyl (C=O) groups excluding carboxylic acids is 2. The van der Waals surface area contributed by atoms with E-state index in [1.165, 1.54) is 23.1 Å². The van der Waals surface area contributed by atoms with Crippen molar-refractivity contribution in [3.63, 3.8) is 0 Å². The number of aromatic nitrogens is 2. The van der Waals surface area contributed by atoms with Gasteiger partial charge >= 0.3 is 0 Å². The van der Waals surface area contributed by atoms with Crippen LogP contribution in [0.15, 0.2) is 34.7 Å². The number of ether oxygens (including phenoxy) is 2. The van der Waals surface area contributed by atoms with E-state index in [2.05, 4.69) is 15.5 Å². The van der Waals surface area contributed by atoms with Crippen LogP contribution in [0, 0.1) is 0 Å². The Balaban J connectivity index is 1.25. The first-order valence-electron chi connectivity index (χ1n) is 9.02. The van der Waals surface area contributed by atoms with Crippen LogP contribution in [0.3, 0.4) is 0 Å². The van der Waals surface area contributed by atoms with Crippen LogP contribution in [0.25, 0.3) is 0 Å². The van der Waals surface area contributed by atoms with Crippen LogP contribution >= 0.6 is 23.1 Å². The second-order valence-corrected chi connectivity index (χ2v) is 8.67. The zero-order valence-corrected chi connectivity index (χ0v) is 16.8. The monoisotopic (exact) mass is 420 g/mol. The van der Waals surface area contributed by atoms with Crippen LogP contribution in [0.2, 0.25) is 0 Å². The number of benzene rings is 1. The topological polar surface area (TPSA) is 93.7 Å². The summed E-state index contributed by atoms with van der Waals surface area (Å²) in [6.07, 6.45) is 1.40. The van der Waals surface area contributed by atoms with Crippen molar-refractivity contribution in [2.24, 2.45) is 0 Å². The molecular weight excluding hydrogens is 400 g/mol. The molecule has 1 spiro atoms. The number of anilines is 1. The van der Waals surface area contributed by atoms with Crippen molar-refractivity contribution in [1.29, 1.82) is 0 Å².